The summed E-state index contributed by atoms with van der Waals surface area (Å²) >= 11 is 6.46. The number of aromatic nitrogens is 1. The summed E-state index contributed by atoms with van der Waals surface area (Å²) in [6, 6.07) is 8.26. The van der Waals surface area contributed by atoms with Gasteiger partial charge < -0.3 is 10.2 Å². The van der Waals surface area contributed by atoms with Gasteiger partial charge in [-0.3, -0.25) is 19.4 Å². The van der Waals surface area contributed by atoms with E-state index in [1.807, 2.05) is 0 Å². The summed E-state index contributed by atoms with van der Waals surface area (Å²) in [5.41, 5.74) is 1.01. The van der Waals surface area contributed by atoms with E-state index in [-0.39, 0.29) is 17.5 Å². The minimum Gasteiger partial charge on any atom is -0.355 e. The highest BCUT2D eigenvalue weighted by Gasteiger charge is 2.33. The van der Waals surface area contributed by atoms with Gasteiger partial charge in [-0.05, 0) is 50.1 Å². The van der Waals surface area contributed by atoms with Crippen molar-refractivity contribution in [3.05, 3.63) is 58.5 Å². The van der Waals surface area contributed by atoms with Crippen LogP contribution in [0.25, 0.3) is 0 Å². The van der Waals surface area contributed by atoms with Crippen LogP contribution in [0.15, 0.2) is 36.5 Å². The van der Waals surface area contributed by atoms with Gasteiger partial charge in [-0.2, -0.15) is 0 Å². The zero-order valence-corrected chi connectivity index (χ0v) is 20.4. The number of benzene rings is 1. The Morgan fingerprint density at radius 1 is 1.12 bits per heavy atom. The number of nitrogens with zero attached hydrogens (tertiary/aromatic N) is 4. The van der Waals surface area contributed by atoms with Crippen molar-refractivity contribution in [2.75, 3.05) is 51.2 Å². The predicted octanol–water partition coefficient (Wildman–Crippen LogP) is 3.09. The first kappa shape index (κ1) is 24.6. The van der Waals surface area contributed by atoms with Gasteiger partial charge in [0.2, 0.25) is 0 Å². The van der Waals surface area contributed by atoms with Crippen molar-refractivity contribution in [3.8, 4) is 0 Å². The van der Waals surface area contributed by atoms with Crippen LogP contribution < -0.4 is 10.2 Å². The Morgan fingerprint density at radius 3 is 2.44 bits per heavy atom. The average molecular weight is 488 g/mol. The lowest BCUT2D eigenvalue weighted by molar-refractivity contribution is 0.0657. The van der Waals surface area contributed by atoms with Gasteiger partial charge in [0, 0.05) is 63.6 Å². The summed E-state index contributed by atoms with van der Waals surface area (Å²) in [5.74, 6) is 0.220. The minimum atomic E-state index is -0.328. The van der Waals surface area contributed by atoms with E-state index in [4.69, 9.17) is 11.6 Å². The molecule has 0 radical (unpaired) electrons. The first-order valence-corrected chi connectivity index (χ1v) is 12.1. The Labute approximate surface area is 204 Å². The molecule has 1 atom stereocenters. The molecule has 9 heteroatoms. The molecule has 1 aromatic heterocycles. The van der Waals surface area contributed by atoms with Crippen LogP contribution in [0.4, 0.5) is 10.2 Å². The van der Waals surface area contributed by atoms with Crippen molar-refractivity contribution < 1.29 is 14.0 Å². The molecule has 0 aliphatic carbocycles. The number of carbonyl (C=O) groups is 2. The lowest BCUT2D eigenvalue weighted by Gasteiger charge is -2.46. The lowest BCUT2D eigenvalue weighted by Crippen LogP contribution is -2.58. The summed E-state index contributed by atoms with van der Waals surface area (Å²) < 4.78 is 13.1. The third kappa shape index (κ3) is 5.56. The van der Waals surface area contributed by atoms with Crippen LogP contribution in [0, 0.1) is 5.82 Å². The Morgan fingerprint density at radius 2 is 1.82 bits per heavy atom. The highest BCUT2D eigenvalue weighted by Crippen LogP contribution is 2.28. The molecule has 2 saturated heterocycles. The SMILES string of the molecule is CNC(=O)c1cnc(N2CCN(C3CCN(CC(=O)c4ccc(F)cc4)CC3)[C@@H](C)C2)c(Cl)c1. The fourth-order valence-corrected chi connectivity index (χ4v) is 5.26. The van der Waals surface area contributed by atoms with E-state index in [2.05, 4.69) is 31.9 Å². The first-order chi connectivity index (χ1) is 16.4. The molecule has 1 N–H and O–H groups in total. The Balaban J connectivity index is 1.29. The first-order valence-electron chi connectivity index (χ1n) is 11.7. The van der Waals surface area contributed by atoms with Gasteiger partial charge in [-0.1, -0.05) is 11.6 Å². The number of hydrogen-bond donors (Lipinski definition) is 1. The molecule has 2 aromatic rings. The van der Waals surface area contributed by atoms with Crippen LogP contribution in [-0.4, -0.2) is 84.9 Å². The molecule has 0 bridgehead atoms. The summed E-state index contributed by atoms with van der Waals surface area (Å²) in [5, 5.41) is 3.07. The smallest absolute Gasteiger partial charge is 0.252 e. The summed E-state index contributed by atoms with van der Waals surface area (Å²) in [4.78, 5) is 35.7. The van der Waals surface area contributed by atoms with Gasteiger partial charge in [0.25, 0.3) is 5.91 Å². The third-order valence-electron chi connectivity index (χ3n) is 6.85. The van der Waals surface area contributed by atoms with E-state index in [9.17, 15) is 14.0 Å². The molecule has 0 saturated carbocycles. The molecule has 0 spiro atoms. The number of nitrogens with one attached hydrogen (secondary N) is 1. The number of likely N-dealkylation sites (tertiary alicyclic amines) is 1. The number of pyridine rings is 1. The van der Waals surface area contributed by atoms with Gasteiger partial charge in [0.1, 0.15) is 11.6 Å². The van der Waals surface area contributed by atoms with Crippen molar-refractivity contribution >= 4 is 29.1 Å². The number of piperidine rings is 1. The summed E-state index contributed by atoms with van der Waals surface area (Å²) in [6.45, 7) is 6.89. The molecule has 182 valence electrons. The molecule has 4 rings (SSSR count). The van der Waals surface area contributed by atoms with Gasteiger partial charge in [-0.25, -0.2) is 9.37 Å². The largest absolute Gasteiger partial charge is 0.355 e. The van der Waals surface area contributed by atoms with Crippen LogP contribution in [0.5, 0.6) is 0 Å². The van der Waals surface area contributed by atoms with E-state index in [1.165, 1.54) is 12.1 Å². The second-order valence-electron chi connectivity index (χ2n) is 9.08. The maximum absolute atomic E-state index is 13.1. The normalized spacial score (nSPS) is 20.4. The monoisotopic (exact) mass is 487 g/mol. The van der Waals surface area contributed by atoms with Crippen LogP contribution in [0.1, 0.15) is 40.5 Å². The molecule has 2 aliphatic rings. The molecule has 1 aromatic carbocycles. The number of Topliss-reactive ketones (excluding diaryl/α,β-unsaturated/α-hetero) is 1. The van der Waals surface area contributed by atoms with Crippen molar-refractivity contribution in [3.63, 3.8) is 0 Å². The van der Waals surface area contributed by atoms with Crippen LogP contribution in [0.2, 0.25) is 5.02 Å². The van der Waals surface area contributed by atoms with Crippen molar-refractivity contribution in [2.24, 2.45) is 0 Å². The number of anilines is 1. The van der Waals surface area contributed by atoms with Crippen molar-refractivity contribution in [1.29, 1.82) is 0 Å². The number of amides is 1. The van der Waals surface area contributed by atoms with Crippen molar-refractivity contribution in [1.82, 2.24) is 20.1 Å². The standard InChI is InChI=1S/C25H31ClFN5O2/c1-17-15-31(24-22(26)13-19(14-29-24)25(34)28-2)11-12-32(17)21-7-9-30(10-8-21)16-23(33)18-3-5-20(27)6-4-18/h3-6,13-14,17,21H,7-12,15-16H2,1-2H3,(H,28,34)/t17-/m0/s1. The molecule has 0 unspecified atom stereocenters. The molecule has 1 amide bonds. The van der Waals surface area contributed by atoms with E-state index < -0.39 is 0 Å². The van der Waals surface area contributed by atoms with E-state index in [1.54, 1.807) is 31.4 Å². The summed E-state index contributed by atoms with van der Waals surface area (Å²) in [6.07, 6.45) is 3.60. The number of hydrogen-bond acceptors (Lipinski definition) is 6. The van der Waals surface area contributed by atoms with Crippen LogP contribution >= 0.6 is 11.6 Å². The Kier molecular flexibility index (Phi) is 7.80. The fourth-order valence-electron chi connectivity index (χ4n) is 4.98. The highest BCUT2D eigenvalue weighted by molar-refractivity contribution is 6.33. The molecule has 34 heavy (non-hydrogen) atoms. The Hall–Kier alpha value is -2.55. The number of carbonyl (C=O) groups excluding carboxylic acids is 2. The topological polar surface area (TPSA) is 68.8 Å². The van der Waals surface area contributed by atoms with Crippen molar-refractivity contribution in [2.45, 2.75) is 31.8 Å². The minimum absolute atomic E-state index is 0.0345. The molecular formula is C25H31ClFN5O2. The zero-order chi connectivity index (χ0) is 24.2. The molecule has 7 nitrogen and oxygen atoms in total. The third-order valence-corrected chi connectivity index (χ3v) is 7.13. The van der Waals surface area contributed by atoms with Gasteiger partial charge in [0.15, 0.2) is 5.78 Å². The number of ketones is 1. The maximum Gasteiger partial charge on any atom is 0.252 e. The molecular weight excluding hydrogens is 457 g/mol. The number of rotatable bonds is 6. The summed E-state index contributed by atoms with van der Waals surface area (Å²) in [7, 11) is 1.58. The van der Waals surface area contributed by atoms with E-state index in [0.29, 0.717) is 34.8 Å². The van der Waals surface area contributed by atoms with Gasteiger partial charge >= 0.3 is 0 Å². The maximum atomic E-state index is 13.1. The molecule has 3 heterocycles. The number of halogens is 2. The second kappa shape index (κ2) is 10.8. The molecule has 2 aliphatic heterocycles. The lowest BCUT2D eigenvalue weighted by atomic mass is 9.99. The fraction of sp³-hybridized carbons (Fsp3) is 0.480. The highest BCUT2D eigenvalue weighted by atomic mass is 35.5. The average Bonchev–Trinajstić information content (AvgIpc) is 2.84. The van der Waals surface area contributed by atoms with Gasteiger partial charge in [-0.15, -0.1) is 0 Å². The quantitative estimate of drug-likeness (QED) is 0.631. The van der Waals surface area contributed by atoms with Crippen LogP contribution in [-0.2, 0) is 0 Å². The van der Waals surface area contributed by atoms with E-state index >= 15 is 0 Å². The van der Waals surface area contributed by atoms with E-state index in [0.717, 1.165) is 51.4 Å². The van der Waals surface area contributed by atoms with Gasteiger partial charge in [0.05, 0.1) is 17.1 Å². The zero-order valence-electron chi connectivity index (χ0n) is 19.6. The number of piperazine rings is 1. The second-order valence-corrected chi connectivity index (χ2v) is 9.49. The Bertz CT molecular complexity index is 1030. The predicted molar refractivity (Wildman–Crippen MR) is 131 cm³/mol. The molecule has 2 fully saturated rings. The van der Waals surface area contributed by atoms with Crippen LogP contribution in [0.3, 0.4) is 0 Å².